The van der Waals surface area contributed by atoms with Crippen molar-refractivity contribution in [2.24, 2.45) is 0 Å². The SMILES string of the molecule is CCCCCCc1ccc(C2(c3ccc(N(c4ccc(C(C)(C)C)cc4)c4c5ccccc5c(N(c5ccc(C(C)(C)C)cc5)c5ccc(C(C)(C)C)cc5)c5ccccc45)cc3)c3cc(C)ccc3-c3ccc(C)cc32)cc1. The molecule has 0 aromatic heterocycles. The van der Waals surface area contributed by atoms with E-state index in [0.29, 0.717) is 0 Å². The number of aryl methyl sites for hydroxylation is 3. The zero-order valence-electron chi connectivity index (χ0n) is 49.1. The van der Waals surface area contributed by atoms with Gasteiger partial charge in [-0.2, -0.15) is 0 Å². The smallest absolute Gasteiger partial charge is 0.0713 e. The van der Waals surface area contributed by atoms with Crippen molar-refractivity contribution in [3.05, 3.63) is 262 Å². The van der Waals surface area contributed by atoms with Crippen LogP contribution in [0.25, 0.3) is 32.7 Å². The van der Waals surface area contributed by atoms with Gasteiger partial charge in [0.25, 0.3) is 0 Å². The highest BCUT2D eigenvalue weighted by Gasteiger charge is 2.46. The van der Waals surface area contributed by atoms with Crippen molar-refractivity contribution >= 4 is 55.7 Å². The molecule has 0 saturated heterocycles. The third-order valence-electron chi connectivity index (χ3n) is 17.0. The minimum absolute atomic E-state index is 0.00216. The van der Waals surface area contributed by atoms with E-state index in [1.54, 1.807) is 0 Å². The molecule has 79 heavy (non-hydrogen) atoms. The normalized spacial score (nSPS) is 13.2. The van der Waals surface area contributed by atoms with Gasteiger partial charge in [0.2, 0.25) is 0 Å². The van der Waals surface area contributed by atoms with Crippen LogP contribution in [0, 0.1) is 13.8 Å². The third-order valence-corrected chi connectivity index (χ3v) is 17.0. The van der Waals surface area contributed by atoms with E-state index in [1.165, 1.54) is 120 Å². The van der Waals surface area contributed by atoms with Crippen molar-refractivity contribution in [1.82, 2.24) is 0 Å². The Morgan fingerprint density at radius 3 is 1.01 bits per heavy atom. The van der Waals surface area contributed by atoms with Crippen LogP contribution in [0.1, 0.15) is 151 Å². The Kier molecular flexibility index (Phi) is 14.1. The molecule has 0 heterocycles. The first-order valence-electron chi connectivity index (χ1n) is 29.1. The third kappa shape index (κ3) is 9.87. The second kappa shape index (κ2) is 20.8. The van der Waals surface area contributed by atoms with Crippen molar-refractivity contribution in [3.8, 4) is 11.1 Å². The first-order valence-corrected chi connectivity index (χ1v) is 29.1. The van der Waals surface area contributed by atoms with Crippen LogP contribution < -0.4 is 9.80 Å². The number of anilines is 6. The van der Waals surface area contributed by atoms with E-state index in [2.05, 4.69) is 299 Å². The quantitative estimate of drug-likeness (QED) is 0.0645. The second-order valence-electron chi connectivity index (χ2n) is 25.8. The number of hydrogen-bond donors (Lipinski definition) is 0. The number of fused-ring (bicyclic) bond motifs is 5. The number of nitrogens with zero attached hydrogens (tertiary/aromatic N) is 2. The van der Waals surface area contributed by atoms with Crippen LogP contribution in [0.15, 0.2) is 206 Å². The van der Waals surface area contributed by atoms with Gasteiger partial charge in [0.05, 0.1) is 16.8 Å². The zero-order chi connectivity index (χ0) is 55.4. The Hall–Kier alpha value is -7.68. The van der Waals surface area contributed by atoms with Crippen LogP contribution >= 0.6 is 0 Å². The fraction of sp³-hybridized carbons (Fsp3) is 0.273. The first kappa shape index (κ1) is 53.3. The highest BCUT2D eigenvalue weighted by Crippen LogP contribution is 2.58. The molecule has 11 rings (SSSR count). The van der Waals surface area contributed by atoms with Gasteiger partial charge in [0, 0.05) is 44.3 Å². The van der Waals surface area contributed by atoms with Gasteiger partial charge in [0.15, 0.2) is 0 Å². The van der Waals surface area contributed by atoms with Gasteiger partial charge in [0.1, 0.15) is 0 Å². The molecule has 1 aliphatic carbocycles. The summed E-state index contributed by atoms with van der Waals surface area (Å²) in [4.78, 5) is 5.04. The molecular weight excluding hydrogens is 953 g/mol. The molecule has 10 aromatic rings. The van der Waals surface area contributed by atoms with Crippen LogP contribution in [0.3, 0.4) is 0 Å². The standard InChI is InChI=1S/C77H80N2/c1-13-14-15-16-21-54-28-30-58(31-29-54)77(70-50-52(2)26-48-64(70)65-49-27-53(3)51-71(65)77)59-38-46-63(47-39-59)79(62-44-36-57(37-45-62)76(10,11)12)73-68-24-19-17-22-66(68)72(67-23-18-20-25-69(67)73)78(60-40-32-55(33-41-60)74(4,5)6)61-42-34-56(35-43-61)75(7,8)9/h17-20,22-51H,13-16,21H2,1-12H3. The lowest BCUT2D eigenvalue weighted by Crippen LogP contribution is -2.29. The molecule has 10 aromatic carbocycles. The van der Waals surface area contributed by atoms with Gasteiger partial charge in [-0.1, -0.05) is 257 Å². The molecule has 0 fully saturated rings. The lowest BCUT2D eigenvalue weighted by molar-refractivity contribution is 0.590. The van der Waals surface area contributed by atoms with Gasteiger partial charge in [-0.15, -0.1) is 0 Å². The molecule has 0 amide bonds. The molecule has 0 bridgehead atoms. The fourth-order valence-corrected chi connectivity index (χ4v) is 12.6. The Bertz CT molecular complexity index is 3630. The van der Waals surface area contributed by atoms with Crippen LogP contribution in [0.4, 0.5) is 34.1 Å². The summed E-state index contributed by atoms with van der Waals surface area (Å²) in [7, 11) is 0. The molecule has 398 valence electrons. The second-order valence-corrected chi connectivity index (χ2v) is 25.8. The minimum Gasteiger partial charge on any atom is -0.309 e. The van der Waals surface area contributed by atoms with Gasteiger partial charge >= 0.3 is 0 Å². The van der Waals surface area contributed by atoms with Crippen LogP contribution in [-0.4, -0.2) is 0 Å². The van der Waals surface area contributed by atoms with Crippen LogP contribution in [-0.2, 0) is 28.1 Å². The first-order chi connectivity index (χ1) is 37.9. The Labute approximate surface area is 472 Å². The van der Waals surface area contributed by atoms with Crippen LogP contribution in [0.2, 0.25) is 0 Å². The van der Waals surface area contributed by atoms with E-state index in [0.717, 1.165) is 34.9 Å². The predicted molar refractivity (Wildman–Crippen MR) is 342 cm³/mol. The number of benzene rings is 10. The van der Waals surface area contributed by atoms with Crippen molar-refractivity contribution in [1.29, 1.82) is 0 Å². The van der Waals surface area contributed by atoms with Crippen molar-refractivity contribution in [3.63, 3.8) is 0 Å². The maximum atomic E-state index is 2.54. The molecule has 0 aliphatic heterocycles. The zero-order valence-corrected chi connectivity index (χ0v) is 49.1. The predicted octanol–water partition coefficient (Wildman–Crippen LogP) is 21.9. The summed E-state index contributed by atoms with van der Waals surface area (Å²) < 4.78 is 0. The maximum absolute atomic E-state index is 2.54. The average Bonchev–Trinajstić information content (AvgIpc) is 3.52. The number of unbranched alkanes of at least 4 members (excludes halogenated alkanes) is 3. The van der Waals surface area contributed by atoms with Crippen molar-refractivity contribution in [2.75, 3.05) is 9.80 Å². The van der Waals surface area contributed by atoms with E-state index in [-0.39, 0.29) is 16.2 Å². The lowest BCUT2D eigenvalue weighted by atomic mass is 9.67. The molecule has 1 aliphatic rings. The lowest BCUT2D eigenvalue weighted by Gasteiger charge is -2.35. The molecular formula is C77H80N2. The Balaban J connectivity index is 1.15. The summed E-state index contributed by atoms with van der Waals surface area (Å²) in [6, 6.07) is 79.7. The van der Waals surface area contributed by atoms with Gasteiger partial charge in [-0.25, -0.2) is 0 Å². The van der Waals surface area contributed by atoms with Gasteiger partial charge in [-0.3, -0.25) is 0 Å². The Morgan fingerprint density at radius 2 is 0.684 bits per heavy atom. The van der Waals surface area contributed by atoms with E-state index in [1.807, 2.05) is 0 Å². The monoisotopic (exact) mass is 1030 g/mol. The van der Waals surface area contributed by atoms with Gasteiger partial charge < -0.3 is 9.80 Å². The van der Waals surface area contributed by atoms with Crippen molar-refractivity contribution in [2.45, 2.75) is 137 Å². The minimum atomic E-state index is -0.526. The van der Waals surface area contributed by atoms with Crippen LogP contribution in [0.5, 0.6) is 0 Å². The molecule has 0 atom stereocenters. The van der Waals surface area contributed by atoms with Gasteiger partial charge in [-0.05, 0) is 147 Å². The topological polar surface area (TPSA) is 6.48 Å². The highest BCUT2D eigenvalue weighted by molar-refractivity contribution is 6.23. The molecule has 0 N–H and O–H groups in total. The summed E-state index contributed by atoms with van der Waals surface area (Å²) >= 11 is 0. The van der Waals surface area contributed by atoms with E-state index in [9.17, 15) is 0 Å². The summed E-state index contributed by atoms with van der Waals surface area (Å²) in [5.74, 6) is 0. The molecule has 2 heteroatoms. The van der Waals surface area contributed by atoms with E-state index < -0.39 is 5.41 Å². The Morgan fingerprint density at radius 1 is 0.354 bits per heavy atom. The summed E-state index contributed by atoms with van der Waals surface area (Å²) in [6.45, 7) is 27.4. The number of rotatable bonds is 13. The largest absolute Gasteiger partial charge is 0.309 e. The van der Waals surface area contributed by atoms with Crippen molar-refractivity contribution < 1.29 is 0 Å². The summed E-state index contributed by atoms with van der Waals surface area (Å²) in [5.41, 5.74) is 22.1. The molecule has 0 spiro atoms. The summed E-state index contributed by atoms with van der Waals surface area (Å²) in [5, 5.41) is 4.72. The van der Waals surface area contributed by atoms with E-state index in [4.69, 9.17) is 0 Å². The fourth-order valence-electron chi connectivity index (χ4n) is 12.6. The molecule has 0 unspecified atom stereocenters. The molecule has 0 saturated carbocycles. The highest BCUT2D eigenvalue weighted by atomic mass is 15.2. The molecule has 0 radical (unpaired) electrons. The maximum Gasteiger partial charge on any atom is 0.0713 e. The molecule has 2 nitrogen and oxygen atoms in total. The number of hydrogen-bond acceptors (Lipinski definition) is 2. The summed E-state index contributed by atoms with van der Waals surface area (Å²) in [6.07, 6.45) is 6.15. The van der Waals surface area contributed by atoms with E-state index >= 15 is 0 Å². The average molecular weight is 1030 g/mol.